The fraction of sp³-hybridized carbons (Fsp3) is 0.194. The molecular weight excluding hydrogens is 450 g/mol. The summed E-state index contributed by atoms with van der Waals surface area (Å²) in [4.78, 5) is 30.4. The highest BCUT2D eigenvalue weighted by molar-refractivity contribution is 6.04. The van der Waals surface area contributed by atoms with Crippen molar-refractivity contribution in [2.24, 2.45) is 0 Å². The third kappa shape index (κ3) is 4.52. The molecule has 5 nitrogen and oxygen atoms in total. The Bertz CT molecular complexity index is 1660. The Kier molecular flexibility index (Phi) is 6.15. The largest absolute Gasteiger partial charge is 0.457 e. The summed E-state index contributed by atoms with van der Waals surface area (Å²) in [5.74, 6) is -0.167. The third-order valence-corrected chi connectivity index (χ3v) is 6.48. The predicted octanol–water partition coefficient (Wildman–Crippen LogP) is 7.11. The number of pyridine rings is 1. The van der Waals surface area contributed by atoms with Crippen LogP contribution in [0.4, 0.5) is 0 Å². The molecule has 0 radical (unpaired) electrons. The Morgan fingerprint density at radius 2 is 1.69 bits per heavy atom. The number of rotatable bonds is 5. The molecule has 180 valence electrons. The van der Waals surface area contributed by atoms with Gasteiger partial charge in [-0.3, -0.25) is 0 Å². The summed E-state index contributed by atoms with van der Waals surface area (Å²) in [6, 6.07) is 22.6. The maximum atomic E-state index is 13.4. The molecule has 0 fully saturated rings. The molecule has 0 saturated heterocycles. The average molecular weight is 478 g/mol. The molecule has 0 saturated carbocycles. The van der Waals surface area contributed by atoms with Crippen molar-refractivity contribution in [3.8, 4) is 11.3 Å². The minimum Gasteiger partial charge on any atom is -0.457 e. The lowest BCUT2D eigenvalue weighted by Gasteiger charge is -2.14. The molecule has 5 aromatic rings. The van der Waals surface area contributed by atoms with E-state index in [1.165, 1.54) is 6.07 Å². The number of aromatic nitrogens is 1. The van der Waals surface area contributed by atoms with E-state index in [0.717, 1.165) is 27.6 Å². The van der Waals surface area contributed by atoms with E-state index >= 15 is 0 Å². The second-order valence-electron chi connectivity index (χ2n) is 9.46. The van der Waals surface area contributed by atoms with Gasteiger partial charge in [-0.15, -0.1) is 0 Å². The summed E-state index contributed by atoms with van der Waals surface area (Å²) in [5, 5.41) is 1.49. The van der Waals surface area contributed by atoms with Gasteiger partial charge in [0.1, 0.15) is 12.2 Å². The van der Waals surface area contributed by atoms with E-state index in [9.17, 15) is 9.59 Å². The second-order valence-corrected chi connectivity index (χ2v) is 9.46. The molecule has 5 heteroatoms. The number of esters is 1. The van der Waals surface area contributed by atoms with Crippen molar-refractivity contribution < 1.29 is 13.9 Å². The summed E-state index contributed by atoms with van der Waals surface area (Å²) in [6.45, 7) is 8.22. The number of hydrogen-bond donors (Lipinski definition) is 0. The number of ether oxygens (including phenoxy) is 1. The monoisotopic (exact) mass is 477 g/mol. The fourth-order valence-electron chi connectivity index (χ4n) is 4.57. The molecule has 36 heavy (non-hydrogen) atoms. The summed E-state index contributed by atoms with van der Waals surface area (Å²) < 4.78 is 11.2. The summed E-state index contributed by atoms with van der Waals surface area (Å²) in [5.41, 5.74) is 6.77. The van der Waals surface area contributed by atoms with Crippen LogP contribution in [-0.4, -0.2) is 11.0 Å². The van der Waals surface area contributed by atoms with Crippen LogP contribution in [0.5, 0.6) is 0 Å². The van der Waals surface area contributed by atoms with E-state index in [1.807, 2.05) is 74.5 Å². The molecule has 2 aromatic heterocycles. The predicted molar refractivity (Wildman–Crippen MR) is 142 cm³/mol. The Hall–Kier alpha value is -4.25. The van der Waals surface area contributed by atoms with Gasteiger partial charge >= 0.3 is 11.6 Å². The molecule has 5 rings (SSSR count). The number of fused-ring (bicyclic) bond motifs is 2. The normalized spacial score (nSPS) is 11.4. The lowest BCUT2D eigenvalue weighted by molar-refractivity contribution is 0.0476. The topological polar surface area (TPSA) is 69.4 Å². The van der Waals surface area contributed by atoms with E-state index < -0.39 is 11.6 Å². The quantitative estimate of drug-likeness (QED) is 0.199. The molecule has 3 aromatic carbocycles. The van der Waals surface area contributed by atoms with Crippen molar-refractivity contribution in [1.29, 1.82) is 0 Å². The Balaban J connectivity index is 1.53. The van der Waals surface area contributed by atoms with Crippen LogP contribution in [0, 0.1) is 13.8 Å². The zero-order valence-electron chi connectivity index (χ0n) is 20.8. The van der Waals surface area contributed by atoms with Gasteiger partial charge in [-0.25, -0.2) is 14.6 Å². The van der Waals surface area contributed by atoms with Crippen molar-refractivity contribution in [3.05, 3.63) is 111 Å². The highest BCUT2D eigenvalue weighted by Crippen LogP contribution is 2.29. The standard InChI is InChI=1S/C31H27NO4/c1-18(2)24-15-25-22(14-30(33)36-29(25)13-20(24)4)17-35-31(34)26-16-28(21-11-9-19(3)10-12-21)32-27-8-6-5-7-23(26)27/h5-16,18H,17H2,1-4H3. The van der Waals surface area contributed by atoms with Gasteiger partial charge in [0.15, 0.2) is 0 Å². The number of benzene rings is 3. The van der Waals surface area contributed by atoms with Crippen LogP contribution in [-0.2, 0) is 11.3 Å². The first-order chi connectivity index (χ1) is 17.3. The third-order valence-electron chi connectivity index (χ3n) is 6.48. The molecule has 0 N–H and O–H groups in total. The molecule has 0 spiro atoms. The number of para-hydroxylation sites is 1. The molecule has 0 amide bonds. The van der Waals surface area contributed by atoms with Crippen molar-refractivity contribution in [1.82, 2.24) is 4.98 Å². The fourth-order valence-corrected chi connectivity index (χ4v) is 4.57. The van der Waals surface area contributed by atoms with Crippen LogP contribution in [0.15, 0.2) is 82.0 Å². The second kappa shape index (κ2) is 9.42. The van der Waals surface area contributed by atoms with E-state index in [4.69, 9.17) is 14.1 Å². The van der Waals surface area contributed by atoms with Gasteiger partial charge in [-0.2, -0.15) is 0 Å². The molecule has 0 aliphatic rings. The summed E-state index contributed by atoms with van der Waals surface area (Å²) in [6.07, 6.45) is 0. The van der Waals surface area contributed by atoms with Crippen molar-refractivity contribution in [2.75, 3.05) is 0 Å². The van der Waals surface area contributed by atoms with Gasteiger partial charge in [-0.05, 0) is 55.2 Å². The first-order valence-corrected chi connectivity index (χ1v) is 12.0. The zero-order chi connectivity index (χ0) is 25.4. The van der Waals surface area contributed by atoms with Crippen molar-refractivity contribution in [3.63, 3.8) is 0 Å². The molecule has 0 atom stereocenters. The van der Waals surface area contributed by atoms with E-state index in [2.05, 4.69) is 13.8 Å². The van der Waals surface area contributed by atoms with Crippen LogP contribution >= 0.6 is 0 Å². The molecule has 0 aliphatic carbocycles. The van der Waals surface area contributed by atoms with E-state index in [-0.39, 0.29) is 6.61 Å². The van der Waals surface area contributed by atoms with E-state index in [1.54, 1.807) is 6.07 Å². The van der Waals surface area contributed by atoms with Gasteiger partial charge in [0.05, 0.1) is 16.8 Å². The van der Waals surface area contributed by atoms with E-state index in [0.29, 0.717) is 39.2 Å². The smallest absolute Gasteiger partial charge is 0.339 e. The van der Waals surface area contributed by atoms with Crippen LogP contribution in [0.2, 0.25) is 0 Å². The number of nitrogens with zero attached hydrogens (tertiary/aromatic N) is 1. The number of aryl methyl sites for hydroxylation is 2. The SMILES string of the molecule is Cc1ccc(-c2cc(C(=O)OCc3cc(=O)oc4cc(C)c(C(C)C)cc34)c3ccccc3n2)cc1. The van der Waals surface area contributed by atoms with Gasteiger partial charge in [0.25, 0.3) is 0 Å². The molecule has 0 aliphatic heterocycles. The minimum absolute atomic E-state index is 0.0436. The van der Waals surface area contributed by atoms with Crippen LogP contribution < -0.4 is 5.63 Å². The van der Waals surface area contributed by atoms with Crippen molar-refractivity contribution in [2.45, 2.75) is 40.2 Å². The van der Waals surface area contributed by atoms with Crippen LogP contribution in [0.3, 0.4) is 0 Å². The summed E-state index contributed by atoms with van der Waals surface area (Å²) in [7, 11) is 0. The Morgan fingerprint density at radius 1 is 0.944 bits per heavy atom. The molecule has 0 unspecified atom stereocenters. The average Bonchev–Trinajstić information content (AvgIpc) is 2.86. The number of carbonyl (C=O) groups is 1. The van der Waals surface area contributed by atoms with Gasteiger partial charge in [-0.1, -0.05) is 61.9 Å². The first-order valence-electron chi connectivity index (χ1n) is 12.0. The molecule has 0 bridgehead atoms. The summed E-state index contributed by atoms with van der Waals surface area (Å²) >= 11 is 0. The van der Waals surface area contributed by atoms with Gasteiger partial charge in [0.2, 0.25) is 0 Å². The van der Waals surface area contributed by atoms with Crippen molar-refractivity contribution >= 4 is 27.8 Å². The Morgan fingerprint density at radius 3 is 2.44 bits per heavy atom. The van der Waals surface area contributed by atoms with Crippen LogP contribution in [0.1, 0.15) is 52.4 Å². The Labute approximate surface area is 209 Å². The van der Waals surface area contributed by atoms with Gasteiger partial charge < -0.3 is 9.15 Å². The lowest BCUT2D eigenvalue weighted by Crippen LogP contribution is -2.09. The lowest BCUT2D eigenvalue weighted by atomic mass is 9.95. The highest BCUT2D eigenvalue weighted by Gasteiger charge is 2.17. The zero-order valence-corrected chi connectivity index (χ0v) is 20.8. The number of hydrogen-bond acceptors (Lipinski definition) is 5. The maximum absolute atomic E-state index is 13.4. The van der Waals surface area contributed by atoms with Crippen LogP contribution in [0.25, 0.3) is 33.1 Å². The number of carbonyl (C=O) groups excluding carboxylic acids is 1. The highest BCUT2D eigenvalue weighted by atomic mass is 16.5. The maximum Gasteiger partial charge on any atom is 0.339 e. The first kappa shape index (κ1) is 23.5. The molecular formula is C31H27NO4. The minimum atomic E-state index is -0.473. The van der Waals surface area contributed by atoms with Gasteiger partial charge in [0, 0.05) is 28.0 Å². The molecule has 2 heterocycles.